The van der Waals surface area contributed by atoms with Gasteiger partial charge in [-0.2, -0.15) is 0 Å². The van der Waals surface area contributed by atoms with Gasteiger partial charge in [-0.05, 0) is 37.6 Å². The summed E-state index contributed by atoms with van der Waals surface area (Å²) in [6.07, 6.45) is 2.50. The number of hydrogen-bond donors (Lipinski definition) is 2. The monoisotopic (exact) mass is 244 g/mol. The predicted molar refractivity (Wildman–Crippen MR) is 66.0 cm³/mol. The van der Waals surface area contributed by atoms with E-state index in [1.807, 2.05) is 12.1 Å². The minimum Gasteiger partial charge on any atom is -0.382 e. The summed E-state index contributed by atoms with van der Waals surface area (Å²) in [6.45, 7) is 2.04. The first-order valence-corrected chi connectivity index (χ1v) is 5.93. The molecule has 1 atom stereocenters. The maximum absolute atomic E-state index is 6.05. The van der Waals surface area contributed by atoms with E-state index in [1.165, 1.54) is 12.8 Å². The standard InChI is InChI=1S/C11H14Cl2N2/c12-8-3-4-11(10(13)6-8)15-7-9-2-1-5-14-9/h3-4,6,9,14-15H,1-2,5,7H2/t9-/m0/s1. The van der Waals surface area contributed by atoms with Crippen molar-refractivity contribution in [2.24, 2.45) is 0 Å². The summed E-state index contributed by atoms with van der Waals surface area (Å²) < 4.78 is 0. The van der Waals surface area contributed by atoms with Gasteiger partial charge in [-0.1, -0.05) is 23.2 Å². The van der Waals surface area contributed by atoms with Crippen molar-refractivity contribution >= 4 is 28.9 Å². The van der Waals surface area contributed by atoms with Gasteiger partial charge in [0, 0.05) is 17.6 Å². The van der Waals surface area contributed by atoms with Gasteiger partial charge in [0.15, 0.2) is 0 Å². The molecule has 1 aliphatic rings. The molecule has 82 valence electrons. The third-order valence-electron chi connectivity index (χ3n) is 2.63. The van der Waals surface area contributed by atoms with Crippen LogP contribution < -0.4 is 10.6 Å². The third kappa shape index (κ3) is 3.00. The highest BCUT2D eigenvalue weighted by Crippen LogP contribution is 2.25. The van der Waals surface area contributed by atoms with E-state index < -0.39 is 0 Å². The number of nitrogens with one attached hydrogen (secondary N) is 2. The van der Waals surface area contributed by atoms with Crippen molar-refractivity contribution in [1.82, 2.24) is 5.32 Å². The van der Waals surface area contributed by atoms with Crippen molar-refractivity contribution in [2.45, 2.75) is 18.9 Å². The average Bonchev–Trinajstić information content (AvgIpc) is 2.69. The molecule has 0 spiro atoms. The molecule has 1 fully saturated rings. The first-order valence-electron chi connectivity index (χ1n) is 5.18. The number of hydrogen-bond acceptors (Lipinski definition) is 2. The van der Waals surface area contributed by atoms with Gasteiger partial charge in [0.25, 0.3) is 0 Å². The molecule has 0 unspecified atom stereocenters. The van der Waals surface area contributed by atoms with Gasteiger partial charge in [0.2, 0.25) is 0 Å². The second kappa shape index (κ2) is 5.06. The summed E-state index contributed by atoms with van der Waals surface area (Å²) in [6, 6.07) is 6.09. The Morgan fingerprint density at radius 1 is 1.40 bits per heavy atom. The highest BCUT2D eigenvalue weighted by atomic mass is 35.5. The molecule has 2 rings (SSSR count). The zero-order valence-electron chi connectivity index (χ0n) is 8.39. The minimum atomic E-state index is 0.566. The van der Waals surface area contributed by atoms with Crippen molar-refractivity contribution in [3.63, 3.8) is 0 Å². The van der Waals surface area contributed by atoms with Crippen LogP contribution in [0.4, 0.5) is 5.69 Å². The average molecular weight is 245 g/mol. The molecule has 2 nitrogen and oxygen atoms in total. The lowest BCUT2D eigenvalue weighted by molar-refractivity contribution is 0.633. The van der Waals surface area contributed by atoms with E-state index in [0.29, 0.717) is 16.1 Å². The van der Waals surface area contributed by atoms with Crippen LogP contribution in [0.5, 0.6) is 0 Å². The van der Waals surface area contributed by atoms with E-state index in [4.69, 9.17) is 23.2 Å². The lowest BCUT2D eigenvalue weighted by Crippen LogP contribution is -2.29. The zero-order chi connectivity index (χ0) is 10.7. The zero-order valence-corrected chi connectivity index (χ0v) is 9.91. The van der Waals surface area contributed by atoms with Gasteiger partial charge in [-0.25, -0.2) is 0 Å². The van der Waals surface area contributed by atoms with Crippen LogP contribution in [0.2, 0.25) is 10.0 Å². The largest absolute Gasteiger partial charge is 0.382 e. The second-order valence-electron chi connectivity index (χ2n) is 3.80. The summed E-state index contributed by atoms with van der Waals surface area (Å²) in [7, 11) is 0. The van der Waals surface area contributed by atoms with Crippen molar-refractivity contribution in [3.8, 4) is 0 Å². The van der Waals surface area contributed by atoms with Crippen LogP contribution in [-0.4, -0.2) is 19.1 Å². The van der Waals surface area contributed by atoms with Gasteiger partial charge in [0.05, 0.1) is 10.7 Å². The predicted octanol–water partition coefficient (Wildman–Crippen LogP) is 3.16. The fourth-order valence-electron chi connectivity index (χ4n) is 1.80. The molecular weight excluding hydrogens is 231 g/mol. The Labute approximate surface area is 100.0 Å². The lowest BCUT2D eigenvalue weighted by atomic mass is 10.2. The molecule has 0 aliphatic carbocycles. The van der Waals surface area contributed by atoms with Crippen LogP contribution in [0.15, 0.2) is 18.2 Å². The Kier molecular flexibility index (Phi) is 3.73. The molecule has 0 bridgehead atoms. The molecule has 0 saturated carbocycles. The topological polar surface area (TPSA) is 24.1 Å². The highest BCUT2D eigenvalue weighted by molar-refractivity contribution is 6.36. The summed E-state index contributed by atoms with van der Waals surface area (Å²) in [4.78, 5) is 0. The number of benzene rings is 1. The lowest BCUT2D eigenvalue weighted by Gasteiger charge is -2.13. The summed E-state index contributed by atoms with van der Waals surface area (Å²) in [5.74, 6) is 0. The van der Waals surface area contributed by atoms with Gasteiger partial charge >= 0.3 is 0 Å². The van der Waals surface area contributed by atoms with Crippen molar-refractivity contribution in [1.29, 1.82) is 0 Å². The molecule has 0 radical (unpaired) electrons. The Bertz CT molecular complexity index is 335. The maximum atomic E-state index is 6.05. The van der Waals surface area contributed by atoms with E-state index in [2.05, 4.69) is 10.6 Å². The summed E-state index contributed by atoms with van der Waals surface area (Å²) >= 11 is 11.9. The molecule has 1 aromatic carbocycles. The highest BCUT2D eigenvalue weighted by Gasteiger charge is 2.13. The van der Waals surface area contributed by atoms with Crippen molar-refractivity contribution in [3.05, 3.63) is 28.2 Å². The van der Waals surface area contributed by atoms with Crippen LogP contribution in [0.25, 0.3) is 0 Å². The van der Waals surface area contributed by atoms with Crippen LogP contribution in [0.1, 0.15) is 12.8 Å². The number of halogens is 2. The van der Waals surface area contributed by atoms with Crippen molar-refractivity contribution in [2.75, 3.05) is 18.4 Å². The Morgan fingerprint density at radius 3 is 2.93 bits per heavy atom. The van der Waals surface area contributed by atoms with E-state index in [-0.39, 0.29) is 0 Å². The Balaban J connectivity index is 1.92. The van der Waals surface area contributed by atoms with Gasteiger partial charge in [-0.15, -0.1) is 0 Å². The SMILES string of the molecule is Clc1ccc(NC[C@@H]2CCCN2)c(Cl)c1. The number of anilines is 1. The fraction of sp³-hybridized carbons (Fsp3) is 0.455. The maximum Gasteiger partial charge on any atom is 0.0652 e. The third-order valence-corrected chi connectivity index (χ3v) is 3.18. The quantitative estimate of drug-likeness (QED) is 0.854. The van der Waals surface area contributed by atoms with Gasteiger partial charge < -0.3 is 10.6 Å². The Hall–Kier alpha value is -0.440. The van der Waals surface area contributed by atoms with E-state index >= 15 is 0 Å². The molecule has 2 N–H and O–H groups in total. The molecule has 1 heterocycles. The molecule has 15 heavy (non-hydrogen) atoms. The normalized spacial score (nSPS) is 20.5. The first-order chi connectivity index (χ1) is 7.25. The fourth-order valence-corrected chi connectivity index (χ4v) is 2.27. The van der Waals surface area contributed by atoms with Crippen LogP contribution in [-0.2, 0) is 0 Å². The Morgan fingerprint density at radius 2 is 2.27 bits per heavy atom. The molecule has 4 heteroatoms. The molecule has 1 aromatic rings. The van der Waals surface area contributed by atoms with Gasteiger partial charge in [-0.3, -0.25) is 0 Å². The minimum absolute atomic E-state index is 0.566. The van der Waals surface area contributed by atoms with Crippen LogP contribution >= 0.6 is 23.2 Å². The van der Waals surface area contributed by atoms with E-state index in [1.54, 1.807) is 6.07 Å². The molecule has 0 amide bonds. The smallest absolute Gasteiger partial charge is 0.0652 e. The second-order valence-corrected chi connectivity index (χ2v) is 4.64. The van der Waals surface area contributed by atoms with Crippen molar-refractivity contribution < 1.29 is 0 Å². The molecule has 0 aromatic heterocycles. The first kappa shape index (κ1) is 11.1. The van der Waals surface area contributed by atoms with E-state index in [9.17, 15) is 0 Å². The van der Waals surface area contributed by atoms with Crippen LogP contribution in [0, 0.1) is 0 Å². The van der Waals surface area contributed by atoms with Gasteiger partial charge in [0.1, 0.15) is 0 Å². The van der Waals surface area contributed by atoms with Crippen LogP contribution in [0.3, 0.4) is 0 Å². The summed E-state index contributed by atoms with van der Waals surface area (Å²) in [5, 5.41) is 8.11. The molecule has 1 saturated heterocycles. The number of rotatable bonds is 3. The summed E-state index contributed by atoms with van der Waals surface area (Å²) in [5.41, 5.74) is 0.953. The molecule has 1 aliphatic heterocycles. The van der Waals surface area contributed by atoms with E-state index in [0.717, 1.165) is 18.8 Å². The molecular formula is C11H14Cl2N2.